The second-order valence-electron chi connectivity index (χ2n) is 5.38. The molecule has 6 heteroatoms. The van der Waals surface area contributed by atoms with Crippen molar-refractivity contribution in [2.45, 2.75) is 20.3 Å². The third kappa shape index (κ3) is 4.45. The molecule has 0 aromatic heterocycles. The predicted molar refractivity (Wildman–Crippen MR) is 72.1 cm³/mol. The first-order valence-electron chi connectivity index (χ1n) is 6.22. The van der Waals surface area contributed by atoms with Crippen molar-refractivity contribution in [1.29, 1.82) is 0 Å². The summed E-state index contributed by atoms with van der Waals surface area (Å²) >= 11 is 0. The fraction of sp³-hybridized carbons (Fsp3) is 0.500. The van der Waals surface area contributed by atoms with E-state index in [1.807, 2.05) is 13.8 Å². The van der Waals surface area contributed by atoms with Crippen LogP contribution < -0.4 is 5.32 Å². The summed E-state index contributed by atoms with van der Waals surface area (Å²) in [5, 5.41) is 11.4. The summed E-state index contributed by atoms with van der Waals surface area (Å²) < 4.78 is 32.4. The van der Waals surface area contributed by atoms with Crippen LogP contribution in [0.3, 0.4) is 0 Å². The Morgan fingerprint density at radius 1 is 1.35 bits per heavy atom. The number of carbonyl (C=O) groups is 1. The molecule has 0 radical (unpaired) electrons. The molecule has 1 rings (SSSR count). The molecule has 4 nitrogen and oxygen atoms in total. The molecule has 112 valence electrons. The zero-order chi connectivity index (χ0) is 15.3. The van der Waals surface area contributed by atoms with E-state index in [-0.39, 0.29) is 11.1 Å². The van der Waals surface area contributed by atoms with Gasteiger partial charge in [-0.3, -0.25) is 0 Å². The lowest BCUT2D eigenvalue weighted by Crippen LogP contribution is -2.25. The number of benzene rings is 1. The van der Waals surface area contributed by atoms with Gasteiger partial charge >= 0.3 is 5.97 Å². The van der Waals surface area contributed by atoms with Crippen LogP contribution in [0.25, 0.3) is 0 Å². The highest BCUT2D eigenvalue weighted by molar-refractivity contribution is 5.88. The fourth-order valence-corrected chi connectivity index (χ4v) is 1.66. The van der Waals surface area contributed by atoms with Gasteiger partial charge in [0.1, 0.15) is 17.3 Å². The summed E-state index contributed by atoms with van der Waals surface area (Å²) in [6.45, 7) is 4.79. The number of anilines is 1. The molecule has 0 spiro atoms. The first-order chi connectivity index (χ1) is 9.26. The Balaban J connectivity index is 2.81. The number of nitrogens with one attached hydrogen (secondary N) is 1. The molecule has 0 aliphatic carbocycles. The Morgan fingerprint density at radius 2 is 1.90 bits per heavy atom. The lowest BCUT2D eigenvalue weighted by molar-refractivity contribution is 0.0695. The molecule has 0 aliphatic rings. The SMILES string of the molecule is COCCC(C)(C)CNc1c(F)cc(C(=O)O)cc1F. The Morgan fingerprint density at radius 3 is 2.35 bits per heavy atom. The van der Waals surface area contributed by atoms with Crippen LogP contribution in [0.15, 0.2) is 12.1 Å². The number of hydrogen-bond acceptors (Lipinski definition) is 3. The van der Waals surface area contributed by atoms with Gasteiger partial charge in [-0.1, -0.05) is 13.8 Å². The molecule has 20 heavy (non-hydrogen) atoms. The molecule has 0 bridgehead atoms. The number of halogens is 2. The second kappa shape index (κ2) is 6.65. The van der Waals surface area contributed by atoms with Crippen molar-refractivity contribution in [1.82, 2.24) is 0 Å². The van der Waals surface area contributed by atoms with Crippen LogP contribution in [0.1, 0.15) is 30.6 Å². The van der Waals surface area contributed by atoms with E-state index in [1.54, 1.807) is 7.11 Å². The predicted octanol–water partition coefficient (Wildman–Crippen LogP) is 3.14. The fourth-order valence-electron chi connectivity index (χ4n) is 1.66. The van der Waals surface area contributed by atoms with Crippen LogP contribution in [0.5, 0.6) is 0 Å². The van der Waals surface area contributed by atoms with Crippen LogP contribution in [0.4, 0.5) is 14.5 Å². The zero-order valence-corrected chi connectivity index (χ0v) is 11.8. The highest BCUT2D eigenvalue weighted by Gasteiger charge is 2.20. The topological polar surface area (TPSA) is 58.6 Å². The minimum atomic E-state index is -1.37. The smallest absolute Gasteiger partial charge is 0.335 e. The van der Waals surface area contributed by atoms with Crippen LogP contribution in [-0.4, -0.2) is 31.3 Å². The summed E-state index contributed by atoms with van der Waals surface area (Å²) in [6.07, 6.45) is 0.729. The van der Waals surface area contributed by atoms with E-state index >= 15 is 0 Å². The maximum atomic E-state index is 13.7. The third-order valence-electron chi connectivity index (χ3n) is 3.02. The summed E-state index contributed by atoms with van der Waals surface area (Å²) in [7, 11) is 1.59. The quantitative estimate of drug-likeness (QED) is 0.809. The van der Waals surface area contributed by atoms with Crippen LogP contribution in [0, 0.1) is 17.0 Å². The van der Waals surface area contributed by atoms with Crippen LogP contribution >= 0.6 is 0 Å². The van der Waals surface area contributed by atoms with Crippen LogP contribution in [0.2, 0.25) is 0 Å². The molecule has 0 unspecified atom stereocenters. The van der Waals surface area contributed by atoms with Gasteiger partial charge in [-0.15, -0.1) is 0 Å². The van der Waals surface area contributed by atoms with Gasteiger partial charge in [0, 0.05) is 20.3 Å². The van der Waals surface area contributed by atoms with Gasteiger partial charge in [-0.2, -0.15) is 0 Å². The van der Waals surface area contributed by atoms with E-state index in [4.69, 9.17) is 9.84 Å². The summed E-state index contributed by atoms with van der Waals surface area (Å²) in [6, 6.07) is 1.60. The monoisotopic (exact) mass is 287 g/mol. The van der Waals surface area contributed by atoms with E-state index in [0.29, 0.717) is 13.2 Å². The summed E-state index contributed by atoms with van der Waals surface area (Å²) in [5.74, 6) is -3.19. The number of ether oxygens (including phenoxy) is 1. The maximum absolute atomic E-state index is 13.7. The number of aromatic carboxylic acids is 1. The van der Waals surface area contributed by atoms with Crippen LogP contribution in [-0.2, 0) is 4.74 Å². The van der Waals surface area contributed by atoms with E-state index in [9.17, 15) is 13.6 Å². The van der Waals surface area contributed by atoms with E-state index < -0.39 is 23.2 Å². The van der Waals surface area contributed by atoms with Crippen molar-refractivity contribution in [3.63, 3.8) is 0 Å². The molecule has 0 saturated heterocycles. The van der Waals surface area contributed by atoms with Gasteiger partial charge in [-0.25, -0.2) is 13.6 Å². The van der Waals surface area contributed by atoms with Crippen molar-refractivity contribution in [2.24, 2.45) is 5.41 Å². The van der Waals surface area contributed by atoms with Gasteiger partial charge in [0.05, 0.1) is 5.56 Å². The molecule has 2 N–H and O–H groups in total. The average Bonchev–Trinajstić information content (AvgIpc) is 2.35. The molecule has 0 amide bonds. The summed E-state index contributed by atoms with van der Waals surface area (Å²) in [5.41, 5.74) is -0.926. The average molecular weight is 287 g/mol. The first kappa shape index (κ1) is 16.4. The number of methoxy groups -OCH3 is 1. The Bertz CT molecular complexity index is 466. The lowest BCUT2D eigenvalue weighted by atomic mass is 9.89. The molecule has 0 saturated carbocycles. The molecule has 0 heterocycles. The Kier molecular flexibility index (Phi) is 5.44. The van der Waals surface area contributed by atoms with Gasteiger partial charge in [0.2, 0.25) is 0 Å². The molecular weight excluding hydrogens is 268 g/mol. The van der Waals surface area contributed by atoms with Crippen molar-refractivity contribution in [3.8, 4) is 0 Å². The van der Waals surface area contributed by atoms with Gasteiger partial charge in [-0.05, 0) is 24.0 Å². The zero-order valence-electron chi connectivity index (χ0n) is 11.8. The largest absolute Gasteiger partial charge is 0.478 e. The molecule has 1 aromatic rings. The third-order valence-corrected chi connectivity index (χ3v) is 3.02. The Hall–Kier alpha value is -1.69. The number of carboxylic acid groups (broad SMARTS) is 1. The molecule has 0 fully saturated rings. The van der Waals surface area contributed by atoms with Crippen molar-refractivity contribution < 1.29 is 23.4 Å². The molecule has 0 aliphatic heterocycles. The van der Waals surface area contributed by atoms with E-state index in [0.717, 1.165) is 18.6 Å². The minimum Gasteiger partial charge on any atom is -0.478 e. The normalized spacial score (nSPS) is 11.4. The number of carboxylic acids is 1. The van der Waals surface area contributed by atoms with Gasteiger partial charge in [0.15, 0.2) is 0 Å². The number of rotatable bonds is 7. The first-order valence-corrected chi connectivity index (χ1v) is 6.22. The highest BCUT2D eigenvalue weighted by Crippen LogP contribution is 2.25. The van der Waals surface area contributed by atoms with Crippen molar-refractivity contribution >= 4 is 11.7 Å². The van der Waals surface area contributed by atoms with E-state index in [2.05, 4.69) is 5.32 Å². The number of hydrogen-bond donors (Lipinski definition) is 2. The van der Waals surface area contributed by atoms with Gasteiger partial charge in [0.25, 0.3) is 0 Å². The maximum Gasteiger partial charge on any atom is 0.335 e. The molecular formula is C14H19F2NO3. The molecule has 0 atom stereocenters. The highest BCUT2D eigenvalue weighted by atomic mass is 19.1. The molecule has 1 aromatic carbocycles. The Labute approximate surface area is 116 Å². The second-order valence-corrected chi connectivity index (χ2v) is 5.38. The minimum absolute atomic E-state index is 0.208. The summed E-state index contributed by atoms with van der Waals surface area (Å²) in [4.78, 5) is 10.7. The van der Waals surface area contributed by atoms with Gasteiger partial charge < -0.3 is 15.2 Å². The lowest BCUT2D eigenvalue weighted by Gasteiger charge is -2.25. The van der Waals surface area contributed by atoms with Crippen molar-refractivity contribution in [3.05, 3.63) is 29.3 Å². The van der Waals surface area contributed by atoms with E-state index in [1.165, 1.54) is 0 Å². The van der Waals surface area contributed by atoms with Crippen molar-refractivity contribution in [2.75, 3.05) is 25.6 Å². The standard InChI is InChI=1S/C14H19F2NO3/c1-14(2,4-5-20-3)8-17-12-10(15)6-9(13(18)19)7-11(12)16/h6-7,17H,4-5,8H2,1-3H3,(H,18,19).